The van der Waals surface area contributed by atoms with E-state index in [9.17, 15) is 52.7 Å². The average Bonchev–Trinajstić information content (AvgIpc) is 2.60. The lowest BCUT2D eigenvalue weighted by molar-refractivity contribution is -0.393. The first-order chi connectivity index (χ1) is 16.7. The molecule has 0 heterocycles. The Morgan fingerprint density at radius 3 is 0.711 bits per heavy atom. The van der Waals surface area contributed by atoms with Gasteiger partial charge in [-0.1, -0.05) is 45.2 Å². The van der Waals surface area contributed by atoms with E-state index >= 15 is 0 Å². The second-order valence-corrected chi connectivity index (χ2v) is 18.7. The third-order valence-corrected chi connectivity index (χ3v) is 13.8. The van der Waals surface area contributed by atoms with Crippen LogP contribution in [0.5, 0.6) is 0 Å². The van der Waals surface area contributed by atoms with Crippen molar-refractivity contribution < 1.29 is 52.7 Å². The van der Waals surface area contributed by atoms with Crippen LogP contribution in [-0.2, 0) is 0 Å². The third-order valence-electron chi connectivity index (χ3n) is 11.5. The highest BCUT2D eigenvalue weighted by Gasteiger charge is 2.87. The van der Waals surface area contributed by atoms with Crippen molar-refractivity contribution in [2.75, 3.05) is 0 Å². The van der Waals surface area contributed by atoms with Crippen molar-refractivity contribution in [1.29, 1.82) is 0 Å². The monoisotopic (exact) mass is 794 g/mol. The van der Waals surface area contributed by atoms with Crippen LogP contribution in [0.25, 0.3) is 0 Å². The highest BCUT2D eigenvalue weighted by molar-refractivity contribution is 14.1. The van der Waals surface area contributed by atoms with Crippen molar-refractivity contribution >= 4 is 45.2 Å². The zero-order valence-corrected chi connectivity index (χ0v) is 24.1. The maximum absolute atomic E-state index is 14.7. The fourth-order valence-electron chi connectivity index (χ4n) is 11.4. The molecule has 8 saturated carbocycles. The van der Waals surface area contributed by atoms with Crippen molar-refractivity contribution in [3.05, 3.63) is 0 Å². The van der Waals surface area contributed by atoms with Crippen LogP contribution in [0.15, 0.2) is 0 Å². The standard InChI is InChI=1S/C24H24F12I2/c25-21(26,27)15-1-13(2-16(5-15,22(28,29)30)10-19(37,7-13)9-15)14-3-17(23(31,32)33)6-18(4-14,24(34,35)36)12-20(38,8-14)11-17/h1-12H2. The van der Waals surface area contributed by atoms with Gasteiger partial charge in [0.1, 0.15) is 0 Å². The topological polar surface area (TPSA) is 0 Å². The first-order valence-corrected chi connectivity index (χ1v) is 14.5. The van der Waals surface area contributed by atoms with Gasteiger partial charge in [-0.25, -0.2) is 0 Å². The minimum absolute atomic E-state index is 0.217. The molecule has 8 bridgehead atoms. The summed E-state index contributed by atoms with van der Waals surface area (Å²) in [6.07, 6.45) is -28.8. The van der Waals surface area contributed by atoms with Crippen LogP contribution < -0.4 is 0 Å². The lowest BCUT2D eigenvalue weighted by atomic mass is 9.27. The van der Waals surface area contributed by atoms with Crippen molar-refractivity contribution in [3.8, 4) is 0 Å². The summed E-state index contributed by atoms with van der Waals surface area (Å²) in [5, 5.41) is 0. The molecule has 8 rings (SSSR count). The highest BCUT2D eigenvalue weighted by atomic mass is 127. The molecule has 0 radical (unpaired) electrons. The zero-order chi connectivity index (χ0) is 28.5. The molecule has 8 aliphatic rings. The van der Waals surface area contributed by atoms with E-state index in [2.05, 4.69) is 0 Å². The minimum Gasteiger partial charge on any atom is -0.171 e. The molecular formula is C24H24F12I2. The Bertz CT molecular complexity index is 924. The molecule has 0 amide bonds. The Morgan fingerprint density at radius 1 is 0.316 bits per heavy atom. The molecule has 0 N–H and O–H groups in total. The summed E-state index contributed by atoms with van der Waals surface area (Å²) in [6, 6.07) is 0. The SMILES string of the molecule is FC(F)(F)C12CC3(I)CC(C(F)(F)F)(C1)CC(C14CC5(I)CC(C(F)(F)F)(CC(C(F)(F)F)(C5)C1)C4)(C3)C2. The summed E-state index contributed by atoms with van der Waals surface area (Å²) >= 11 is 3.26. The zero-order valence-electron chi connectivity index (χ0n) is 19.8. The summed E-state index contributed by atoms with van der Waals surface area (Å²) in [7, 11) is 0. The molecule has 8 fully saturated rings. The van der Waals surface area contributed by atoms with E-state index in [1.807, 2.05) is 0 Å². The van der Waals surface area contributed by atoms with E-state index in [-0.39, 0.29) is 12.8 Å². The predicted molar refractivity (Wildman–Crippen MR) is 128 cm³/mol. The number of hydrogen-bond acceptors (Lipinski definition) is 0. The molecule has 0 nitrogen and oxygen atoms in total. The van der Waals surface area contributed by atoms with Gasteiger partial charge in [0, 0.05) is 6.84 Å². The van der Waals surface area contributed by atoms with Gasteiger partial charge < -0.3 is 0 Å². The Labute approximate surface area is 238 Å². The van der Waals surface area contributed by atoms with Crippen LogP contribution in [0.3, 0.4) is 0 Å². The summed E-state index contributed by atoms with van der Waals surface area (Å²) in [5.41, 5.74) is -15.0. The van der Waals surface area contributed by atoms with E-state index in [1.165, 1.54) is 0 Å². The minimum atomic E-state index is -5.07. The maximum atomic E-state index is 14.7. The van der Waals surface area contributed by atoms with E-state index in [1.54, 1.807) is 45.2 Å². The highest BCUT2D eigenvalue weighted by Crippen LogP contribution is 2.88. The first-order valence-electron chi connectivity index (χ1n) is 12.4. The molecule has 0 aliphatic heterocycles. The van der Waals surface area contributed by atoms with Crippen LogP contribution in [0.4, 0.5) is 52.7 Å². The van der Waals surface area contributed by atoms with E-state index < -0.39 is 128 Å². The summed E-state index contributed by atoms with van der Waals surface area (Å²) < 4.78 is 174. The Hall–Kier alpha value is 0.620. The quantitative estimate of drug-likeness (QED) is 0.141. The van der Waals surface area contributed by atoms with Gasteiger partial charge in [0.25, 0.3) is 0 Å². The molecule has 38 heavy (non-hydrogen) atoms. The van der Waals surface area contributed by atoms with Crippen LogP contribution >= 0.6 is 45.2 Å². The van der Waals surface area contributed by atoms with Gasteiger partial charge in [-0.15, -0.1) is 0 Å². The van der Waals surface area contributed by atoms with E-state index in [0.717, 1.165) is 0 Å². The molecular weight excluding hydrogens is 770 g/mol. The summed E-state index contributed by atoms with van der Waals surface area (Å²) in [5.74, 6) is 0. The molecule has 0 aromatic heterocycles. The fourth-order valence-corrected chi connectivity index (χ4v) is 15.7. The van der Waals surface area contributed by atoms with Crippen molar-refractivity contribution in [2.24, 2.45) is 32.5 Å². The van der Waals surface area contributed by atoms with Crippen LogP contribution in [0.2, 0.25) is 0 Å². The van der Waals surface area contributed by atoms with Crippen molar-refractivity contribution in [1.82, 2.24) is 0 Å². The molecule has 0 aromatic rings. The van der Waals surface area contributed by atoms with E-state index in [4.69, 9.17) is 0 Å². The van der Waals surface area contributed by atoms with Gasteiger partial charge in [-0.3, -0.25) is 0 Å². The van der Waals surface area contributed by atoms with Gasteiger partial charge in [-0.05, 0) is 87.9 Å². The van der Waals surface area contributed by atoms with Gasteiger partial charge in [0.2, 0.25) is 0 Å². The molecule has 0 saturated heterocycles. The predicted octanol–water partition coefficient (Wildman–Crippen LogP) is 10.3. The van der Waals surface area contributed by atoms with Gasteiger partial charge in [0.05, 0.1) is 21.7 Å². The maximum Gasteiger partial charge on any atom is 0.394 e. The molecule has 218 valence electrons. The van der Waals surface area contributed by atoms with Crippen LogP contribution in [-0.4, -0.2) is 31.5 Å². The van der Waals surface area contributed by atoms with Crippen LogP contribution in [0, 0.1) is 32.5 Å². The second-order valence-electron chi connectivity index (χ2n) is 14.1. The molecule has 8 aliphatic carbocycles. The Morgan fingerprint density at radius 2 is 0.526 bits per heavy atom. The normalized spacial score (nSPS) is 54.2. The number of rotatable bonds is 1. The largest absolute Gasteiger partial charge is 0.394 e. The van der Waals surface area contributed by atoms with Gasteiger partial charge in [0.15, 0.2) is 0 Å². The Balaban J connectivity index is 1.62. The molecule has 4 atom stereocenters. The third kappa shape index (κ3) is 3.36. The molecule has 0 spiro atoms. The number of alkyl halides is 14. The first kappa shape index (κ1) is 28.7. The lowest BCUT2D eigenvalue weighted by Gasteiger charge is -2.79. The summed E-state index contributed by atoms with van der Waals surface area (Å²) in [6.45, 7) is 0. The molecule has 14 heteroatoms. The second kappa shape index (κ2) is 7.05. The number of hydrogen-bond donors (Lipinski definition) is 0. The summed E-state index contributed by atoms with van der Waals surface area (Å²) in [4.78, 5) is 0. The Kier molecular flexibility index (Phi) is 5.33. The van der Waals surface area contributed by atoms with Crippen molar-refractivity contribution in [3.63, 3.8) is 0 Å². The molecule has 4 unspecified atom stereocenters. The molecule has 0 aromatic carbocycles. The smallest absolute Gasteiger partial charge is 0.171 e. The van der Waals surface area contributed by atoms with Crippen LogP contribution in [0.1, 0.15) is 77.0 Å². The fraction of sp³-hybridized carbons (Fsp3) is 1.00. The lowest BCUT2D eigenvalue weighted by Crippen LogP contribution is -2.77. The van der Waals surface area contributed by atoms with Gasteiger partial charge >= 0.3 is 24.7 Å². The van der Waals surface area contributed by atoms with Gasteiger partial charge in [-0.2, -0.15) is 52.7 Å². The van der Waals surface area contributed by atoms with E-state index in [0.29, 0.717) is 0 Å². The number of halogens is 14. The average molecular weight is 794 g/mol. The van der Waals surface area contributed by atoms with Crippen molar-refractivity contribution in [2.45, 2.75) is 109 Å².